The van der Waals surface area contributed by atoms with Crippen molar-refractivity contribution in [3.05, 3.63) is 11.6 Å². The molecule has 2 amide bonds. The average Bonchev–Trinajstić information content (AvgIpc) is 2.76. The highest BCUT2D eigenvalue weighted by molar-refractivity contribution is 7.13. The minimum Gasteiger partial charge on any atom is -0.481 e. The van der Waals surface area contributed by atoms with Crippen molar-refractivity contribution in [2.24, 2.45) is 5.92 Å². The Morgan fingerprint density at radius 2 is 2.35 bits per heavy atom. The van der Waals surface area contributed by atoms with Crippen molar-refractivity contribution in [2.45, 2.75) is 19.8 Å². The van der Waals surface area contributed by atoms with Crippen LogP contribution in [0, 0.1) is 5.92 Å². The van der Waals surface area contributed by atoms with E-state index < -0.39 is 17.9 Å². The highest BCUT2D eigenvalue weighted by Gasteiger charge is 2.17. The lowest BCUT2D eigenvalue weighted by atomic mass is 10.0. The third-order valence-electron chi connectivity index (χ3n) is 2.15. The van der Waals surface area contributed by atoms with Gasteiger partial charge in [-0.2, -0.15) is 0 Å². The normalized spacial score (nSPS) is 11.8. The summed E-state index contributed by atoms with van der Waals surface area (Å²) < 4.78 is 0. The molecule has 1 unspecified atom stereocenters. The molecule has 3 N–H and O–H groups in total. The summed E-state index contributed by atoms with van der Waals surface area (Å²) in [6, 6.07) is -0.428. The predicted octanol–water partition coefficient (Wildman–Crippen LogP) is 1.77. The zero-order valence-electron chi connectivity index (χ0n) is 9.47. The summed E-state index contributed by atoms with van der Waals surface area (Å²) in [4.78, 5) is 26.1. The second-order valence-corrected chi connectivity index (χ2v) is 4.39. The number of rotatable bonds is 6. The zero-order valence-corrected chi connectivity index (χ0v) is 10.3. The first-order valence-corrected chi connectivity index (χ1v) is 6.18. The molecule has 7 heteroatoms. The van der Waals surface area contributed by atoms with Crippen molar-refractivity contribution in [2.75, 3.05) is 11.9 Å². The lowest BCUT2D eigenvalue weighted by molar-refractivity contribution is -0.141. The molecule has 0 saturated carbocycles. The van der Waals surface area contributed by atoms with E-state index in [1.807, 2.05) is 6.92 Å². The smallest absolute Gasteiger partial charge is 0.321 e. The second-order valence-electron chi connectivity index (χ2n) is 3.50. The van der Waals surface area contributed by atoms with E-state index in [2.05, 4.69) is 15.6 Å². The minimum absolute atomic E-state index is 0.125. The molecule has 0 saturated heterocycles. The van der Waals surface area contributed by atoms with Gasteiger partial charge in [-0.15, -0.1) is 11.3 Å². The van der Waals surface area contributed by atoms with E-state index in [1.54, 1.807) is 11.6 Å². The van der Waals surface area contributed by atoms with Gasteiger partial charge < -0.3 is 10.4 Å². The Hall–Kier alpha value is -1.63. The quantitative estimate of drug-likeness (QED) is 0.724. The average molecular weight is 257 g/mol. The summed E-state index contributed by atoms with van der Waals surface area (Å²) in [6.07, 6.45) is 2.90. The fraction of sp³-hybridized carbons (Fsp3) is 0.500. The number of aliphatic carboxylic acids is 1. The van der Waals surface area contributed by atoms with Crippen molar-refractivity contribution in [3.63, 3.8) is 0 Å². The third-order valence-corrected chi connectivity index (χ3v) is 2.84. The van der Waals surface area contributed by atoms with E-state index in [0.717, 1.165) is 6.42 Å². The first-order valence-electron chi connectivity index (χ1n) is 5.30. The van der Waals surface area contributed by atoms with E-state index in [4.69, 9.17) is 5.11 Å². The Bertz CT molecular complexity index is 367. The number of hydrogen-bond acceptors (Lipinski definition) is 4. The molecule has 1 atom stereocenters. The molecule has 6 nitrogen and oxygen atoms in total. The Kier molecular flexibility index (Phi) is 5.41. The van der Waals surface area contributed by atoms with Crippen LogP contribution in [0.5, 0.6) is 0 Å². The van der Waals surface area contributed by atoms with Crippen LogP contribution in [0.2, 0.25) is 0 Å². The maximum atomic E-state index is 11.4. The van der Waals surface area contributed by atoms with E-state index in [1.165, 1.54) is 11.3 Å². The highest BCUT2D eigenvalue weighted by atomic mass is 32.1. The minimum atomic E-state index is -0.888. The van der Waals surface area contributed by atoms with Crippen molar-refractivity contribution in [1.82, 2.24) is 10.3 Å². The molecule has 17 heavy (non-hydrogen) atoms. The molecule has 0 fully saturated rings. The number of hydrogen-bond donors (Lipinski definition) is 3. The number of anilines is 1. The third kappa shape index (κ3) is 4.81. The first-order chi connectivity index (χ1) is 8.13. The van der Waals surface area contributed by atoms with Crippen molar-refractivity contribution >= 4 is 28.5 Å². The molecule has 0 aromatic carbocycles. The molecule has 0 aliphatic heterocycles. The van der Waals surface area contributed by atoms with Crippen LogP contribution in [0.15, 0.2) is 11.6 Å². The van der Waals surface area contributed by atoms with E-state index >= 15 is 0 Å². The van der Waals surface area contributed by atoms with Crippen LogP contribution >= 0.6 is 11.3 Å². The standard InChI is InChI=1S/C10H15N3O3S/c1-2-3-7(8(14)15)6-12-9(16)13-10-11-4-5-17-10/h4-5,7H,2-3,6H2,1H3,(H,14,15)(H2,11,12,13,16). The Balaban J connectivity index is 2.33. The van der Waals surface area contributed by atoms with Gasteiger partial charge in [-0.05, 0) is 6.42 Å². The number of nitrogens with one attached hydrogen (secondary N) is 2. The molecule has 0 radical (unpaired) electrons. The molecule has 1 aromatic rings. The van der Waals surface area contributed by atoms with Gasteiger partial charge in [0.25, 0.3) is 0 Å². The molecule has 0 bridgehead atoms. The van der Waals surface area contributed by atoms with Crippen LogP contribution < -0.4 is 10.6 Å². The number of carbonyl (C=O) groups excluding carboxylic acids is 1. The van der Waals surface area contributed by atoms with Gasteiger partial charge in [0, 0.05) is 18.1 Å². The van der Waals surface area contributed by atoms with Crippen LogP contribution in [-0.2, 0) is 4.79 Å². The van der Waals surface area contributed by atoms with Crippen LogP contribution in [0.4, 0.5) is 9.93 Å². The molecule has 1 rings (SSSR count). The van der Waals surface area contributed by atoms with Crippen LogP contribution in [0.1, 0.15) is 19.8 Å². The van der Waals surface area contributed by atoms with Gasteiger partial charge in [-0.3, -0.25) is 10.1 Å². The van der Waals surface area contributed by atoms with Crippen LogP contribution in [-0.4, -0.2) is 28.6 Å². The van der Waals surface area contributed by atoms with Gasteiger partial charge in [0.2, 0.25) is 0 Å². The maximum absolute atomic E-state index is 11.4. The van der Waals surface area contributed by atoms with Gasteiger partial charge in [-0.1, -0.05) is 13.3 Å². The van der Waals surface area contributed by atoms with Gasteiger partial charge in [0.1, 0.15) is 0 Å². The molecule has 94 valence electrons. The highest BCUT2D eigenvalue weighted by Crippen LogP contribution is 2.10. The fourth-order valence-corrected chi connectivity index (χ4v) is 1.83. The van der Waals surface area contributed by atoms with Gasteiger partial charge >= 0.3 is 12.0 Å². The number of carboxylic acid groups (broad SMARTS) is 1. The molecular formula is C10H15N3O3S. The van der Waals surface area contributed by atoms with E-state index in [0.29, 0.717) is 11.6 Å². The second kappa shape index (κ2) is 6.85. The Labute approximate surface area is 103 Å². The van der Waals surface area contributed by atoms with Gasteiger partial charge in [0.15, 0.2) is 5.13 Å². The molecule has 1 heterocycles. The van der Waals surface area contributed by atoms with E-state index in [-0.39, 0.29) is 6.54 Å². The number of thiazole rings is 1. The number of carboxylic acids is 1. The van der Waals surface area contributed by atoms with E-state index in [9.17, 15) is 9.59 Å². The zero-order chi connectivity index (χ0) is 12.7. The predicted molar refractivity (Wildman–Crippen MR) is 65.2 cm³/mol. The molecule has 0 spiro atoms. The van der Waals surface area contributed by atoms with Gasteiger partial charge in [-0.25, -0.2) is 9.78 Å². The number of aromatic nitrogens is 1. The molecule has 1 aromatic heterocycles. The first kappa shape index (κ1) is 13.4. The molecule has 0 aliphatic rings. The molecular weight excluding hydrogens is 242 g/mol. The maximum Gasteiger partial charge on any atom is 0.321 e. The number of urea groups is 1. The lowest BCUT2D eigenvalue weighted by Gasteiger charge is -2.12. The summed E-state index contributed by atoms with van der Waals surface area (Å²) in [6.45, 7) is 2.03. The number of carbonyl (C=O) groups is 2. The summed E-state index contributed by atoms with van der Waals surface area (Å²) >= 11 is 1.30. The number of amides is 2. The van der Waals surface area contributed by atoms with Crippen molar-refractivity contribution in [3.8, 4) is 0 Å². The monoisotopic (exact) mass is 257 g/mol. The topological polar surface area (TPSA) is 91.3 Å². The summed E-state index contributed by atoms with van der Waals surface area (Å²) in [5, 5.41) is 16.2. The van der Waals surface area contributed by atoms with Gasteiger partial charge in [0.05, 0.1) is 5.92 Å². The van der Waals surface area contributed by atoms with Crippen molar-refractivity contribution < 1.29 is 14.7 Å². The van der Waals surface area contributed by atoms with Crippen molar-refractivity contribution in [1.29, 1.82) is 0 Å². The SMILES string of the molecule is CCCC(CNC(=O)Nc1nccs1)C(=O)O. The molecule has 0 aliphatic carbocycles. The van der Waals surface area contributed by atoms with Crippen LogP contribution in [0.25, 0.3) is 0 Å². The lowest BCUT2D eigenvalue weighted by Crippen LogP contribution is -2.35. The summed E-state index contributed by atoms with van der Waals surface area (Å²) in [7, 11) is 0. The Morgan fingerprint density at radius 1 is 1.59 bits per heavy atom. The Morgan fingerprint density at radius 3 is 2.88 bits per heavy atom. The summed E-state index contributed by atoms with van der Waals surface area (Å²) in [5.74, 6) is -1.43. The number of nitrogens with zero attached hydrogens (tertiary/aromatic N) is 1. The largest absolute Gasteiger partial charge is 0.481 e. The van der Waals surface area contributed by atoms with Crippen LogP contribution in [0.3, 0.4) is 0 Å². The summed E-state index contributed by atoms with van der Waals surface area (Å²) in [5.41, 5.74) is 0. The fourth-order valence-electron chi connectivity index (χ4n) is 1.30.